The maximum atomic E-state index is 12.5. The number of carbonyl (C=O) groups excluding carboxylic acids is 1. The fraction of sp³-hybridized carbons (Fsp3) is 0.333. The third kappa shape index (κ3) is 2.99. The molecule has 0 aliphatic carbocycles. The van der Waals surface area contributed by atoms with Gasteiger partial charge in [-0.3, -0.25) is 4.79 Å². The first kappa shape index (κ1) is 15.8. The summed E-state index contributed by atoms with van der Waals surface area (Å²) in [6.07, 6.45) is 4.41. The zero-order chi connectivity index (χ0) is 16.5. The van der Waals surface area contributed by atoms with Gasteiger partial charge in [0.15, 0.2) is 9.99 Å². The minimum Gasteiger partial charge on any atom is -0.360 e. The van der Waals surface area contributed by atoms with Crippen LogP contribution in [-0.2, 0) is 17.8 Å². The van der Waals surface area contributed by atoms with Crippen molar-refractivity contribution in [2.75, 3.05) is 24.7 Å². The molecule has 3 aromatic heterocycles. The monoisotopic (exact) mass is 377 g/mol. The van der Waals surface area contributed by atoms with Gasteiger partial charge in [0.25, 0.3) is 0 Å². The van der Waals surface area contributed by atoms with Crippen molar-refractivity contribution in [3.63, 3.8) is 0 Å². The van der Waals surface area contributed by atoms with Gasteiger partial charge in [0.05, 0.1) is 6.54 Å². The molecule has 3 aromatic rings. The Labute approximate surface area is 151 Å². The summed E-state index contributed by atoms with van der Waals surface area (Å²) in [6, 6.07) is 2.11. The van der Waals surface area contributed by atoms with Crippen LogP contribution in [0.5, 0.6) is 0 Å². The summed E-state index contributed by atoms with van der Waals surface area (Å²) >= 11 is 4.90. The number of nitrogens with one attached hydrogen (secondary N) is 1. The van der Waals surface area contributed by atoms with Crippen molar-refractivity contribution in [2.24, 2.45) is 0 Å². The highest BCUT2D eigenvalue weighted by molar-refractivity contribution is 8.00. The Hall–Kier alpha value is -1.71. The first-order valence-corrected chi connectivity index (χ1v) is 10.4. The lowest BCUT2D eigenvalue weighted by Crippen LogP contribution is -2.38. The van der Waals surface area contributed by atoms with Crippen molar-refractivity contribution >= 4 is 56.5 Å². The number of carbonyl (C=O) groups is 1. The molecule has 0 fully saturated rings. The first-order valence-electron chi connectivity index (χ1n) is 7.47. The van der Waals surface area contributed by atoms with Gasteiger partial charge < -0.3 is 10.2 Å². The summed E-state index contributed by atoms with van der Waals surface area (Å²) in [7, 11) is 0. The number of hydrogen-bond donors (Lipinski definition) is 1. The highest BCUT2D eigenvalue weighted by atomic mass is 32.2. The summed E-state index contributed by atoms with van der Waals surface area (Å²) in [6.45, 7) is 1.72. The maximum absolute atomic E-state index is 12.5. The topological polar surface area (TPSA) is 71.0 Å². The van der Waals surface area contributed by atoms with Crippen molar-refractivity contribution in [1.29, 1.82) is 0 Å². The van der Waals surface area contributed by atoms with Crippen LogP contribution in [0.2, 0.25) is 0 Å². The molecule has 1 aliphatic rings. The molecule has 1 amide bonds. The number of thioether (sulfide) groups is 1. The van der Waals surface area contributed by atoms with Gasteiger partial charge in [-0.05, 0) is 29.7 Å². The molecule has 24 heavy (non-hydrogen) atoms. The average Bonchev–Trinajstić information content (AvgIpc) is 3.24. The van der Waals surface area contributed by atoms with Crippen LogP contribution in [0.3, 0.4) is 0 Å². The molecule has 0 saturated heterocycles. The van der Waals surface area contributed by atoms with Crippen LogP contribution >= 0.6 is 34.4 Å². The third-order valence-electron chi connectivity index (χ3n) is 3.91. The number of thiazole rings is 1. The summed E-state index contributed by atoms with van der Waals surface area (Å²) in [5.74, 6) is 0.771. The zero-order valence-electron chi connectivity index (χ0n) is 13.0. The first-order chi connectivity index (χ1) is 11.7. The van der Waals surface area contributed by atoms with E-state index < -0.39 is 0 Å². The smallest absolute Gasteiger partial charge is 0.242 e. The number of aromatic nitrogens is 3. The van der Waals surface area contributed by atoms with Crippen LogP contribution in [0.1, 0.15) is 10.4 Å². The molecule has 1 N–H and O–H groups in total. The van der Waals surface area contributed by atoms with E-state index in [9.17, 15) is 4.79 Å². The standard InChI is InChI=1S/C15H15N5OS3/c1-22-15-19-14-12(24-15)13(17-8-18-14)16-6-11(21)20-4-2-10-9(7-20)3-5-23-10/h3,5,8H,2,4,6-7H2,1H3,(H,16,17,18). The van der Waals surface area contributed by atoms with Crippen molar-refractivity contribution < 1.29 is 4.79 Å². The predicted molar refractivity (Wildman–Crippen MR) is 98.9 cm³/mol. The second-order valence-corrected chi connectivity index (χ2v) is 8.40. The van der Waals surface area contributed by atoms with Gasteiger partial charge in [-0.1, -0.05) is 11.8 Å². The molecule has 0 spiro atoms. The van der Waals surface area contributed by atoms with Gasteiger partial charge in [-0.25, -0.2) is 15.0 Å². The molecule has 9 heteroatoms. The molecule has 0 aromatic carbocycles. The summed E-state index contributed by atoms with van der Waals surface area (Å²) in [5.41, 5.74) is 1.95. The lowest BCUT2D eigenvalue weighted by Gasteiger charge is -2.27. The normalized spacial score (nSPS) is 14.0. The van der Waals surface area contributed by atoms with Gasteiger partial charge in [0.2, 0.25) is 5.91 Å². The Morgan fingerprint density at radius 3 is 3.25 bits per heavy atom. The van der Waals surface area contributed by atoms with Gasteiger partial charge >= 0.3 is 0 Å². The molecule has 0 bridgehead atoms. The molecule has 0 atom stereocenters. The zero-order valence-corrected chi connectivity index (χ0v) is 15.4. The molecule has 0 saturated carbocycles. The minimum atomic E-state index is 0.0909. The highest BCUT2D eigenvalue weighted by Crippen LogP contribution is 2.31. The molecule has 6 nitrogen and oxygen atoms in total. The fourth-order valence-corrected chi connectivity index (χ4v) is 5.05. The molecule has 0 unspecified atom stereocenters. The van der Waals surface area contributed by atoms with Crippen molar-refractivity contribution in [3.8, 4) is 0 Å². The Balaban J connectivity index is 1.45. The molecular weight excluding hydrogens is 362 g/mol. The Morgan fingerprint density at radius 1 is 1.46 bits per heavy atom. The number of anilines is 1. The number of thiophene rings is 1. The minimum absolute atomic E-state index is 0.0909. The van der Waals surface area contributed by atoms with E-state index >= 15 is 0 Å². The number of fused-ring (bicyclic) bond motifs is 2. The Morgan fingerprint density at radius 2 is 2.38 bits per heavy atom. The Kier molecular flexibility index (Phi) is 4.38. The van der Waals surface area contributed by atoms with Crippen LogP contribution in [0.15, 0.2) is 22.1 Å². The van der Waals surface area contributed by atoms with Gasteiger partial charge in [0.1, 0.15) is 16.8 Å². The largest absolute Gasteiger partial charge is 0.360 e. The van der Waals surface area contributed by atoms with E-state index in [1.807, 2.05) is 11.2 Å². The van der Waals surface area contributed by atoms with E-state index in [2.05, 4.69) is 31.7 Å². The number of hydrogen-bond acceptors (Lipinski definition) is 8. The van der Waals surface area contributed by atoms with Gasteiger partial charge in [-0.2, -0.15) is 0 Å². The molecule has 4 rings (SSSR count). The van der Waals surface area contributed by atoms with E-state index in [1.54, 1.807) is 34.4 Å². The van der Waals surface area contributed by atoms with Crippen molar-refractivity contribution in [2.45, 2.75) is 17.3 Å². The number of amides is 1. The van der Waals surface area contributed by atoms with E-state index in [1.165, 1.54) is 16.8 Å². The second-order valence-electron chi connectivity index (χ2n) is 5.35. The third-order valence-corrected chi connectivity index (χ3v) is 6.97. The van der Waals surface area contributed by atoms with E-state index in [4.69, 9.17) is 0 Å². The van der Waals surface area contributed by atoms with Crippen molar-refractivity contribution in [1.82, 2.24) is 19.9 Å². The summed E-state index contributed by atoms with van der Waals surface area (Å²) in [4.78, 5) is 28.7. The van der Waals surface area contributed by atoms with Crippen molar-refractivity contribution in [3.05, 3.63) is 28.2 Å². The molecule has 4 heterocycles. The Bertz CT molecular complexity index is 890. The second kappa shape index (κ2) is 6.66. The average molecular weight is 378 g/mol. The van der Waals surface area contributed by atoms with E-state index in [0.717, 1.165) is 22.0 Å². The van der Waals surface area contributed by atoms with Gasteiger partial charge in [-0.15, -0.1) is 22.7 Å². The van der Waals surface area contributed by atoms with Crippen LogP contribution < -0.4 is 5.32 Å². The van der Waals surface area contributed by atoms with Crippen LogP contribution in [0.25, 0.3) is 10.3 Å². The van der Waals surface area contributed by atoms with E-state index in [0.29, 0.717) is 18.0 Å². The molecule has 0 radical (unpaired) electrons. The highest BCUT2D eigenvalue weighted by Gasteiger charge is 2.21. The number of rotatable bonds is 4. The predicted octanol–water partition coefficient (Wildman–Crippen LogP) is 2.87. The van der Waals surface area contributed by atoms with Gasteiger partial charge in [0, 0.05) is 18.0 Å². The van der Waals surface area contributed by atoms with Crippen LogP contribution in [-0.4, -0.2) is 45.1 Å². The lowest BCUT2D eigenvalue weighted by molar-refractivity contribution is -0.130. The molecule has 1 aliphatic heterocycles. The molecule has 124 valence electrons. The molecular formula is C15H15N5OS3. The summed E-state index contributed by atoms with van der Waals surface area (Å²) < 4.78 is 1.84. The number of nitrogens with zero attached hydrogens (tertiary/aromatic N) is 4. The van der Waals surface area contributed by atoms with E-state index in [-0.39, 0.29) is 12.5 Å². The summed E-state index contributed by atoms with van der Waals surface area (Å²) in [5, 5.41) is 5.26. The lowest BCUT2D eigenvalue weighted by atomic mass is 10.1. The SMILES string of the molecule is CSc1nc2ncnc(NCC(=O)N3CCc4sccc4C3)c2s1. The van der Waals surface area contributed by atoms with Crippen LogP contribution in [0, 0.1) is 0 Å². The fourth-order valence-electron chi connectivity index (χ4n) is 2.68. The quantitative estimate of drug-likeness (QED) is 0.705. The maximum Gasteiger partial charge on any atom is 0.242 e. The van der Waals surface area contributed by atoms with Crippen LogP contribution in [0.4, 0.5) is 5.82 Å².